The first-order valence-corrected chi connectivity index (χ1v) is 11.0. The van der Waals surface area contributed by atoms with Gasteiger partial charge in [-0.1, -0.05) is 60.7 Å². The highest BCUT2D eigenvalue weighted by atomic mass is 32.2. The number of benzene rings is 3. The Morgan fingerprint density at radius 3 is 1.90 bits per heavy atom. The van der Waals surface area contributed by atoms with E-state index in [9.17, 15) is 18.3 Å². The predicted octanol–water partition coefficient (Wildman–Crippen LogP) is 4.60. The van der Waals surface area contributed by atoms with Crippen LogP contribution in [0.15, 0.2) is 83.8 Å². The van der Waals surface area contributed by atoms with Crippen LogP contribution in [0.25, 0.3) is 0 Å². The minimum atomic E-state index is -3.90. The topological polar surface area (TPSA) is 95.5 Å². The Labute approximate surface area is 176 Å². The molecular formula is C23H24N2O4S. The zero-order valence-electron chi connectivity index (χ0n) is 16.7. The first-order chi connectivity index (χ1) is 14.3. The van der Waals surface area contributed by atoms with Crippen LogP contribution in [0.4, 0.5) is 5.69 Å². The molecule has 0 saturated carbocycles. The first kappa shape index (κ1) is 21.5. The molecule has 0 saturated heterocycles. The second kappa shape index (κ2) is 9.11. The number of nitrogens with one attached hydrogen (secondary N) is 2. The Morgan fingerprint density at radius 2 is 1.37 bits per heavy atom. The fourth-order valence-electron chi connectivity index (χ4n) is 3.16. The molecule has 3 N–H and O–H groups in total. The Hall–Kier alpha value is -3.16. The number of anilines is 1. The third kappa shape index (κ3) is 5.06. The molecule has 0 radical (unpaired) electrons. The minimum absolute atomic E-state index is 0.0967. The van der Waals surface area contributed by atoms with E-state index >= 15 is 0 Å². The quantitative estimate of drug-likeness (QED) is 0.491. The summed E-state index contributed by atoms with van der Waals surface area (Å²) in [4.78, 5) is 11.7. The molecule has 2 atom stereocenters. The van der Waals surface area contributed by atoms with Crippen molar-refractivity contribution < 1.29 is 18.3 Å². The van der Waals surface area contributed by atoms with Crippen molar-refractivity contribution in [1.29, 1.82) is 0 Å². The summed E-state index contributed by atoms with van der Waals surface area (Å²) in [6.45, 7) is 3.65. The van der Waals surface area contributed by atoms with Crippen LogP contribution in [0.5, 0.6) is 0 Å². The fourth-order valence-corrected chi connectivity index (χ4v) is 4.42. The van der Waals surface area contributed by atoms with Crippen molar-refractivity contribution in [2.45, 2.75) is 30.8 Å². The highest BCUT2D eigenvalue weighted by Gasteiger charge is 2.22. The SMILES string of the molecule is C[C@H](Nc1ccc(S(=O)(=O)N[C@H](C)c2ccccc2)cc1C(=O)O)c1ccccc1. The molecule has 7 heteroatoms. The van der Waals surface area contributed by atoms with E-state index in [2.05, 4.69) is 10.0 Å². The van der Waals surface area contributed by atoms with E-state index in [-0.39, 0.29) is 16.5 Å². The average Bonchev–Trinajstić information content (AvgIpc) is 2.74. The largest absolute Gasteiger partial charge is 0.478 e. The summed E-state index contributed by atoms with van der Waals surface area (Å²) in [5.74, 6) is -1.20. The molecule has 0 amide bonds. The average molecular weight is 425 g/mol. The van der Waals surface area contributed by atoms with Crippen LogP contribution in [0, 0.1) is 0 Å². The molecule has 3 aromatic carbocycles. The number of carboxylic acid groups (broad SMARTS) is 1. The molecule has 3 rings (SSSR count). The summed E-state index contributed by atoms with van der Waals surface area (Å²) in [6.07, 6.45) is 0. The van der Waals surface area contributed by atoms with E-state index in [1.807, 2.05) is 67.6 Å². The molecule has 6 nitrogen and oxygen atoms in total. The highest BCUT2D eigenvalue weighted by molar-refractivity contribution is 7.89. The molecule has 0 unspecified atom stereocenters. The third-order valence-corrected chi connectivity index (χ3v) is 6.37. The minimum Gasteiger partial charge on any atom is -0.478 e. The van der Waals surface area contributed by atoms with Crippen LogP contribution in [-0.4, -0.2) is 19.5 Å². The molecule has 0 heterocycles. The van der Waals surface area contributed by atoms with Gasteiger partial charge in [0.2, 0.25) is 10.0 Å². The molecule has 0 aliphatic heterocycles. The second-order valence-corrected chi connectivity index (χ2v) is 8.76. The van der Waals surface area contributed by atoms with E-state index in [1.165, 1.54) is 18.2 Å². The summed E-state index contributed by atoms with van der Waals surface area (Å²) >= 11 is 0. The number of carboxylic acids is 1. The number of carbonyl (C=O) groups is 1. The molecule has 0 spiro atoms. The predicted molar refractivity (Wildman–Crippen MR) is 117 cm³/mol. The maximum atomic E-state index is 12.8. The molecule has 0 fully saturated rings. The third-order valence-electron chi connectivity index (χ3n) is 4.83. The van der Waals surface area contributed by atoms with Gasteiger partial charge in [-0.05, 0) is 43.2 Å². The molecule has 0 aliphatic rings. The standard InChI is InChI=1S/C23H24N2O4S/c1-16(18-9-5-3-6-10-18)24-22-14-13-20(15-21(22)23(26)27)30(28,29)25-17(2)19-11-7-4-8-12-19/h3-17,24-25H,1-2H3,(H,26,27)/t16-,17+/m0/s1. The number of hydrogen-bond acceptors (Lipinski definition) is 4. The van der Waals surface area contributed by atoms with Gasteiger partial charge in [0.25, 0.3) is 0 Å². The summed E-state index contributed by atoms with van der Waals surface area (Å²) < 4.78 is 28.2. The van der Waals surface area contributed by atoms with Gasteiger partial charge in [0.05, 0.1) is 10.5 Å². The fraction of sp³-hybridized carbons (Fsp3) is 0.174. The summed E-state index contributed by atoms with van der Waals surface area (Å²) in [5.41, 5.74) is 2.06. The van der Waals surface area contributed by atoms with Gasteiger partial charge in [-0.15, -0.1) is 0 Å². The Bertz CT molecular complexity index is 1120. The van der Waals surface area contributed by atoms with Gasteiger partial charge in [-0.25, -0.2) is 17.9 Å². The normalized spacial score (nSPS) is 13.4. The van der Waals surface area contributed by atoms with Crippen LogP contribution >= 0.6 is 0 Å². The van der Waals surface area contributed by atoms with Crippen molar-refractivity contribution in [3.05, 3.63) is 95.6 Å². The van der Waals surface area contributed by atoms with Crippen molar-refractivity contribution in [3.8, 4) is 0 Å². The highest BCUT2D eigenvalue weighted by Crippen LogP contribution is 2.26. The van der Waals surface area contributed by atoms with Gasteiger partial charge in [-0.2, -0.15) is 0 Å². The Morgan fingerprint density at radius 1 is 0.833 bits per heavy atom. The summed E-state index contributed by atoms with van der Waals surface area (Å²) in [5, 5.41) is 12.8. The van der Waals surface area contributed by atoms with Crippen molar-refractivity contribution >= 4 is 21.7 Å². The second-order valence-electron chi connectivity index (χ2n) is 7.04. The van der Waals surface area contributed by atoms with Gasteiger partial charge < -0.3 is 10.4 Å². The van der Waals surface area contributed by atoms with Crippen molar-refractivity contribution in [3.63, 3.8) is 0 Å². The van der Waals surface area contributed by atoms with Crippen molar-refractivity contribution in [1.82, 2.24) is 4.72 Å². The van der Waals surface area contributed by atoms with Gasteiger partial charge in [-0.3, -0.25) is 0 Å². The zero-order chi connectivity index (χ0) is 21.7. The van der Waals surface area contributed by atoms with Gasteiger partial charge in [0, 0.05) is 17.8 Å². The molecule has 30 heavy (non-hydrogen) atoms. The van der Waals surface area contributed by atoms with Gasteiger partial charge >= 0.3 is 5.97 Å². The zero-order valence-corrected chi connectivity index (χ0v) is 17.6. The first-order valence-electron chi connectivity index (χ1n) is 9.54. The maximum absolute atomic E-state index is 12.8. The maximum Gasteiger partial charge on any atom is 0.337 e. The van der Waals surface area contributed by atoms with Gasteiger partial charge in [0.1, 0.15) is 0 Å². The van der Waals surface area contributed by atoms with E-state index in [1.54, 1.807) is 6.92 Å². The van der Waals surface area contributed by atoms with Crippen LogP contribution in [0.3, 0.4) is 0 Å². The van der Waals surface area contributed by atoms with E-state index in [0.29, 0.717) is 5.69 Å². The van der Waals surface area contributed by atoms with Crippen LogP contribution in [0.1, 0.15) is 47.4 Å². The molecular weight excluding hydrogens is 400 g/mol. The lowest BCUT2D eigenvalue weighted by atomic mass is 10.1. The summed E-state index contributed by atoms with van der Waals surface area (Å²) in [7, 11) is -3.90. The van der Waals surface area contributed by atoms with E-state index in [0.717, 1.165) is 11.1 Å². The number of rotatable bonds is 8. The lowest BCUT2D eigenvalue weighted by Gasteiger charge is -2.19. The van der Waals surface area contributed by atoms with Crippen molar-refractivity contribution in [2.24, 2.45) is 0 Å². The summed E-state index contributed by atoms with van der Waals surface area (Å²) in [6, 6.07) is 22.2. The van der Waals surface area contributed by atoms with Crippen LogP contribution < -0.4 is 10.0 Å². The number of hydrogen-bond donors (Lipinski definition) is 3. The molecule has 0 aliphatic carbocycles. The van der Waals surface area contributed by atoms with Gasteiger partial charge in [0.15, 0.2) is 0 Å². The Balaban J connectivity index is 1.86. The van der Waals surface area contributed by atoms with Crippen molar-refractivity contribution in [2.75, 3.05) is 5.32 Å². The van der Waals surface area contributed by atoms with Crippen LogP contribution in [0.2, 0.25) is 0 Å². The Kier molecular flexibility index (Phi) is 6.54. The lowest BCUT2D eigenvalue weighted by molar-refractivity contribution is 0.0697. The van der Waals surface area contributed by atoms with E-state index < -0.39 is 22.0 Å². The lowest BCUT2D eigenvalue weighted by Crippen LogP contribution is -2.27. The molecule has 156 valence electrons. The molecule has 3 aromatic rings. The molecule has 0 aromatic heterocycles. The smallest absolute Gasteiger partial charge is 0.337 e. The monoisotopic (exact) mass is 424 g/mol. The molecule has 0 bridgehead atoms. The van der Waals surface area contributed by atoms with Crippen LogP contribution in [-0.2, 0) is 10.0 Å². The number of aromatic carboxylic acids is 1. The van der Waals surface area contributed by atoms with E-state index in [4.69, 9.17) is 0 Å². The number of sulfonamides is 1.